The minimum atomic E-state index is 0.457. The van der Waals surface area contributed by atoms with Crippen LogP contribution in [0.4, 0.5) is 0 Å². The van der Waals surface area contributed by atoms with Crippen LogP contribution in [0.3, 0.4) is 0 Å². The minimum absolute atomic E-state index is 0.457. The molecule has 0 aromatic rings. The Morgan fingerprint density at radius 2 is 1.42 bits per heavy atom. The van der Waals surface area contributed by atoms with Crippen LogP contribution in [-0.2, 0) is 0 Å². The molecule has 19 heavy (non-hydrogen) atoms. The van der Waals surface area contributed by atoms with Gasteiger partial charge in [0, 0.05) is 6.04 Å². The van der Waals surface area contributed by atoms with E-state index >= 15 is 0 Å². The molecular weight excluding hydrogens is 230 g/mol. The van der Waals surface area contributed by atoms with E-state index in [-0.39, 0.29) is 0 Å². The van der Waals surface area contributed by atoms with E-state index in [4.69, 9.17) is 0 Å². The predicted molar refractivity (Wildman–Crippen MR) is 86.5 cm³/mol. The molecule has 0 bridgehead atoms. The Kier molecular flexibility index (Phi) is 5.52. The van der Waals surface area contributed by atoms with Gasteiger partial charge in [-0.2, -0.15) is 0 Å². The summed E-state index contributed by atoms with van der Waals surface area (Å²) in [6.07, 6.45) is 4.13. The third-order valence-electron chi connectivity index (χ3n) is 5.84. The molecule has 1 heteroatoms. The summed E-state index contributed by atoms with van der Waals surface area (Å²) >= 11 is 0. The highest BCUT2D eigenvalue weighted by molar-refractivity contribution is 4.89. The Morgan fingerprint density at radius 3 is 1.79 bits per heavy atom. The lowest BCUT2D eigenvalue weighted by Crippen LogP contribution is -2.43. The summed E-state index contributed by atoms with van der Waals surface area (Å²) in [5, 5.41) is 0. The second-order valence-electron chi connectivity index (χ2n) is 8.71. The lowest BCUT2D eigenvalue weighted by molar-refractivity contribution is 0.0387. The van der Waals surface area contributed by atoms with Gasteiger partial charge in [-0.05, 0) is 68.9 Å². The largest absolute Gasteiger partial charge is 0.301 e. The second kappa shape index (κ2) is 6.16. The first-order chi connectivity index (χ1) is 8.56. The monoisotopic (exact) mass is 267 g/mol. The van der Waals surface area contributed by atoms with Gasteiger partial charge in [0.05, 0.1) is 0 Å². The smallest absolute Gasteiger partial charge is 0.00385 e. The van der Waals surface area contributed by atoms with Crippen molar-refractivity contribution in [3.8, 4) is 0 Å². The summed E-state index contributed by atoms with van der Waals surface area (Å²) in [6, 6.07) is 0.719. The first-order valence-electron chi connectivity index (χ1n) is 8.30. The van der Waals surface area contributed by atoms with Gasteiger partial charge in [-0.25, -0.2) is 0 Å². The first kappa shape index (κ1) is 17.0. The zero-order chi connectivity index (χ0) is 14.8. The normalized spacial score (nSPS) is 20.5. The van der Waals surface area contributed by atoms with E-state index in [2.05, 4.69) is 60.3 Å². The van der Waals surface area contributed by atoms with Gasteiger partial charge in [0.1, 0.15) is 0 Å². The van der Waals surface area contributed by atoms with Crippen molar-refractivity contribution in [3.05, 3.63) is 0 Å². The van der Waals surface area contributed by atoms with Gasteiger partial charge in [-0.1, -0.05) is 41.5 Å². The highest BCUT2D eigenvalue weighted by Gasteiger charge is 2.38. The Bertz CT molecular complexity index is 267. The summed E-state index contributed by atoms with van der Waals surface area (Å²) in [5.41, 5.74) is 0.940. The summed E-state index contributed by atoms with van der Waals surface area (Å²) in [5.74, 6) is 1.67. The number of hydrogen-bond donors (Lipinski definition) is 0. The summed E-state index contributed by atoms with van der Waals surface area (Å²) in [4.78, 5) is 2.64. The maximum Gasteiger partial charge on any atom is 0.00385 e. The van der Waals surface area contributed by atoms with Crippen molar-refractivity contribution in [1.29, 1.82) is 0 Å². The van der Waals surface area contributed by atoms with Crippen molar-refractivity contribution in [2.24, 2.45) is 22.7 Å². The Balaban J connectivity index is 2.60. The molecule has 0 unspecified atom stereocenters. The highest BCUT2D eigenvalue weighted by atomic mass is 15.1. The van der Waals surface area contributed by atoms with E-state index in [1.54, 1.807) is 0 Å². The van der Waals surface area contributed by atoms with Crippen LogP contribution in [0.5, 0.6) is 0 Å². The molecule has 1 nitrogen and oxygen atoms in total. The molecule has 1 fully saturated rings. The molecule has 0 aliphatic carbocycles. The van der Waals surface area contributed by atoms with E-state index in [1.165, 1.54) is 32.4 Å². The minimum Gasteiger partial charge on any atom is -0.301 e. The Hall–Kier alpha value is -0.0400. The third-order valence-corrected chi connectivity index (χ3v) is 5.84. The van der Waals surface area contributed by atoms with Gasteiger partial charge in [0.25, 0.3) is 0 Å². The lowest BCUT2D eigenvalue weighted by Gasteiger charge is -2.46. The molecule has 0 aromatic heterocycles. The van der Waals surface area contributed by atoms with Gasteiger partial charge >= 0.3 is 0 Å². The molecule has 1 rings (SSSR count). The van der Waals surface area contributed by atoms with Crippen LogP contribution >= 0.6 is 0 Å². The molecule has 1 saturated heterocycles. The van der Waals surface area contributed by atoms with E-state index in [1.807, 2.05) is 0 Å². The summed E-state index contributed by atoms with van der Waals surface area (Å²) in [7, 11) is 0. The number of likely N-dealkylation sites (tertiary alicyclic amines) is 1. The van der Waals surface area contributed by atoms with Gasteiger partial charge in [-0.3, -0.25) is 0 Å². The third kappa shape index (κ3) is 4.48. The maximum absolute atomic E-state index is 2.64. The van der Waals surface area contributed by atoms with E-state index in [0.29, 0.717) is 10.8 Å². The molecule has 0 saturated carbocycles. The zero-order valence-corrected chi connectivity index (χ0v) is 14.7. The van der Waals surface area contributed by atoms with Crippen molar-refractivity contribution >= 4 is 0 Å². The second-order valence-corrected chi connectivity index (χ2v) is 8.71. The topological polar surface area (TPSA) is 3.24 Å². The molecule has 0 N–H and O–H groups in total. The summed E-state index contributed by atoms with van der Waals surface area (Å²) < 4.78 is 0. The average molecular weight is 268 g/mol. The molecule has 1 aliphatic heterocycles. The van der Waals surface area contributed by atoms with Crippen molar-refractivity contribution in [1.82, 2.24) is 4.90 Å². The quantitative estimate of drug-likeness (QED) is 0.661. The van der Waals surface area contributed by atoms with Crippen LogP contribution in [0.25, 0.3) is 0 Å². The standard InChI is InChI=1S/C18H37N/c1-14(2)17(5,6)13-18(7,8)16-9-11-19(12-10-16)15(3)4/h14-16H,9-13H2,1-8H3. The van der Waals surface area contributed by atoms with E-state index in [0.717, 1.165) is 17.9 Å². The fourth-order valence-corrected chi connectivity index (χ4v) is 3.72. The molecule has 0 spiro atoms. The number of piperidine rings is 1. The van der Waals surface area contributed by atoms with Crippen molar-refractivity contribution in [2.75, 3.05) is 13.1 Å². The molecular formula is C18H37N. The number of nitrogens with zero attached hydrogens (tertiary/aromatic N) is 1. The molecule has 0 aromatic carbocycles. The van der Waals surface area contributed by atoms with Crippen LogP contribution in [0.15, 0.2) is 0 Å². The summed E-state index contributed by atoms with van der Waals surface area (Å²) in [6.45, 7) is 21.9. The van der Waals surface area contributed by atoms with Gasteiger partial charge in [0.2, 0.25) is 0 Å². The molecule has 114 valence electrons. The maximum atomic E-state index is 2.64. The van der Waals surface area contributed by atoms with Gasteiger partial charge in [0.15, 0.2) is 0 Å². The van der Waals surface area contributed by atoms with Crippen LogP contribution < -0.4 is 0 Å². The molecule has 0 radical (unpaired) electrons. The average Bonchev–Trinajstić information content (AvgIpc) is 2.27. The van der Waals surface area contributed by atoms with Gasteiger partial charge in [-0.15, -0.1) is 0 Å². The number of hydrogen-bond acceptors (Lipinski definition) is 1. The Morgan fingerprint density at radius 1 is 0.947 bits per heavy atom. The predicted octanol–water partition coefficient (Wildman–Crippen LogP) is 5.21. The first-order valence-corrected chi connectivity index (χ1v) is 8.30. The fraction of sp³-hybridized carbons (Fsp3) is 1.00. The van der Waals surface area contributed by atoms with Crippen molar-refractivity contribution in [2.45, 2.75) is 80.7 Å². The van der Waals surface area contributed by atoms with E-state index in [9.17, 15) is 0 Å². The SMILES string of the molecule is CC(C)N1CCC(C(C)(C)CC(C)(C)C(C)C)CC1. The number of rotatable bonds is 5. The zero-order valence-electron chi connectivity index (χ0n) is 14.7. The van der Waals surface area contributed by atoms with Crippen LogP contribution in [0, 0.1) is 22.7 Å². The van der Waals surface area contributed by atoms with Crippen molar-refractivity contribution in [3.63, 3.8) is 0 Å². The van der Waals surface area contributed by atoms with E-state index < -0.39 is 0 Å². The lowest BCUT2D eigenvalue weighted by atomic mass is 9.63. The van der Waals surface area contributed by atoms with Crippen LogP contribution in [-0.4, -0.2) is 24.0 Å². The molecule has 0 atom stereocenters. The Labute approximate surface area is 122 Å². The molecule has 1 heterocycles. The molecule has 0 amide bonds. The van der Waals surface area contributed by atoms with Crippen LogP contribution in [0.1, 0.15) is 74.7 Å². The van der Waals surface area contributed by atoms with Crippen LogP contribution in [0.2, 0.25) is 0 Å². The molecule has 1 aliphatic rings. The highest BCUT2D eigenvalue weighted by Crippen LogP contribution is 2.46. The van der Waals surface area contributed by atoms with Gasteiger partial charge < -0.3 is 4.90 Å². The fourth-order valence-electron chi connectivity index (χ4n) is 3.72. The van der Waals surface area contributed by atoms with Crippen molar-refractivity contribution < 1.29 is 0 Å².